The molecule has 2 aromatic heterocycles. The number of amides is 1. The van der Waals surface area contributed by atoms with Crippen LogP contribution in [0.25, 0.3) is 22.3 Å². The van der Waals surface area contributed by atoms with Crippen molar-refractivity contribution >= 4 is 53.5 Å². The molecule has 338 valence electrons. The summed E-state index contributed by atoms with van der Waals surface area (Å²) in [4.78, 5) is 61.6. The smallest absolute Gasteiger partial charge is 0.431 e. The highest BCUT2D eigenvalue weighted by atomic mass is 35.5. The van der Waals surface area contributed by atoms with Gasteiger partial charge in [-0.25, -0.2) is 4.79 Å². The molecule has 0 fully saturated rings. The number of nitrogens with two attached hydrogens (primary N) is 1. The van der Waals surface area contributed by atoms with E-state index in [2.05, 4.69) is 10.1 Å². The fourth-order valence-electron chi connectivity index (χ4n) is 6.51. The molecule has 3 N–H and O–H groups in total. The fourth-order valence-corrected chi connectivity index (χ4v) is 7.08. The molecular weight excluding hydrogens is 905 g/mol. The van der Waals surface area contributed by atoms with Crippen LogP contribution in [-0.4, -0.2) is 53.3 Å². The van der Waals surface area contributed by atoms with Gasteiger partial charge in [0.1, 0.15) is 23.5 Å². The van der Waals surface area contributed by atoms with Crippen LogP contribution in [0.1, 0.15) is 44.0 Å². The molecular formula is C43H41Cl3F6N4O7. The predicted octanol–water partition coefficient (Wildman–Crippen LogP) is 8.04. The largest absolute Gasteiger partial charge is 0.468 e. The Morgan fingerprint density at radius 1 is 0.683 bits per heavy atom. The van der Waals surface area contributed by atoms with Crippen molar-refractivity contribution in [1.29, 1.82) is 0 Å². The quantitative estimate of drug-likeness (QED) is 0.106. The number of carbonyl (C=O) groups is 3. The number of benzene rings is 3. The van der Waals surface area contributed by atoms with Gasteiger partial charge in [-0.2, -0.15) is 26.3 Å². The summed E-state index contributed by atoms with van der Waals surface area (Å²) in [5, 5.41) is 2.79. The molecule has 2 heterocycles. The first-order valence-corrected chi connectivity index (χ1v) is 19.1. The molecule has 3 aromatic carbocycles. The number of hydrogen-bond donors (Lipinski definition) is 2. The van der Waals surface area contributed by atoms with Crippen molar-refractivity contribution in [3.8, 4) is 22.3 Å². The number of aromatic nitrogens is 2. The first-order chi connectivity index (χ1) is 28.9. The Hall–Kier alpha value is -5.62. The van der Waals surface area contributed by atoms with Crippen molar-refractivity contribution in [2.45, 2.75) is 51.1 Å². The standard InChI is InChI=1S/C25H21Cl2F3N2O4.C18H19F3N2O3.ClH/c1-13-11-19(25(28,29)30)32(2)23(34)20(13)15-9-7-14(8-10-15)12-18(24(35)36-3)31-22(33)21-16(26)5-4-6-17(21)27;1-10-8-14(18(19,20)21)23(2)16(24)15(10)12-6-4-11(5-7-12)9-13(22)17(25)26-3;/h4-11,18H,12H2,1-3H3,(H,31,33);4-8,13H,9,22H2,1-3H3;1H. The summed E-state index contributed by atoms with van der Waals surface area (Å²) in [5.41, 5.74) is 5.15. The summed E-state index contributed by atoms with van der Waals surface area (Å²) >= 11 is 12.2. The van der Waals surface area contributed by atoms with Gasteiger partial charge in [0.15, 0.2) is 0 Å². The van der Waals surface area contributed by atoms with Gasteiger partial charge < -0.3 is 29.7 Å². The van der Waals surface area contributed by atoms with Gasteiger partial charge in [-0.15, -0.1) is 12.4 Å². The Balaban J connectivity index is 0.000000347. The third-order valence-electron chi connectivity index (χ3n) is 9.70. The number of halogens is 9. The van der Waals surface area contributed by atoms with E-state index in [4.69, 9.17) is 33.7 Å². The van der Waals surface area contributed by atoms with Crippen molar-refractivity contribution in [1.82, 2.24) is 14.5 Å². The summed E-state index contributed by atoms with van der Waals surface area (Å²) in [6, 6.07) is 17.5. The molecule has 5 aromatic rings. The molecule has 11 nitrogen and oxygen atoms in total. The Morgan fingerprint density at radius 3 is 1.43 bits per heavy atom. The van der Waals surface area contributed by atoms with Gasteiger partial charge >= 0.3 is 24.3 Å². The van der Waals surface area contributed by atoms with Gasteiger partial charge in [0.2, 0.25) is 0 Å². The Morgan fingerprint density at radius 2 is 1.06 bits per heavy atom. The first-order valence-electron chi connectivity index (χ1n) is 18.3. The van der Waals surface area contributed by atoms with E-state index >= 15 is 0 Å². The molecule has 0 aliphatic rings. The van der Waals surface area contributed by atoms with Gasteiger partial charge in [0, 0.05) is 20.5 Å². The zero-order valence-corrected chi connectivity index (χ0v) is 36.7. The number of rotatable bonds is 10. The monoisotopic (exact) mass is 944 g/mol. The summed E-state index contributed by atoms with van der Waals surface area (Å²) in [5.74, 6) is -1.91. The number of nitrogens with one attached hydrogen (secondary N) is 1. The van der Waals surface area contributed by atoms with Gasteiger partial charge in [0.05, 0.1) is 41.0 Å². The van der Waals surface area contributed by atoms with Crippen molar-refractivity contribution in [3.63, 3.8) is 0 Å². The van der Waals surface area contributed by atoms with Crippen LogP contribution in [-0.2, 0) is 58.4 Å². The summed E-state index contributed by atoms with van der Waals surface area (Å²) in [7, 11) is 4.58. The van der Waals surface area contributed by atoms with E-state index in [-0.39, 0.29) is 63.1 Å². The van der Waals surface area contributed by atoms with E-state index in [9.17, 15) is 50.3 Å². The third-order valence-corrected chi connectivity index (χ3v) is 10.3. The molecule has 0 saturated heterocycles. The minimum Gasteiger partial charge on any atom is -0.468 e. The molecule has 0 saturated carbocycles. The van der Waals surface area contributed by atoms with Crippen molar-refractivity contribution in [3.05, 3.63) is 149 Å². The summed E-state index contributed by atoms with van der Waals surface area (Å²) in [6.45, 7) is 2.90. The van der Waals surface area contributed by atoms with Gasteiger partial charge in [-0.05, 0) is 77.9 Å². The minimum absolute atomic E-state index is 0. The van der Waals surface area contributed by atoms with Crippen LogP contribution in [0, 0.1) is 13.8 Å². The maximum atomic E-state index is 13.2. The van der Waals surface area contributed by atoms with Crippen molar-refractivity contribution in [2.24, 2.45) is 19.8 Å². The average Bonchev–Trinajstić information content (AvgIpc) is 3.20. The van der Waals surface area contributed by atoms with Gasteiger partial charge in [-0.1, -0.05) is 77.8 Å². The molecule has 63 heavy (non-hydrogen) atoms. The Kier molecular flexibility index (Phi) is 17.4. The minimum atomic E-state index is -4.66. The van der Waals surface area contributed by atoms with Crippen LogP contribution in [0.5, 0.6) is 0 Å². The molecule has 1 amide bonds. The lowest BCUT2D eigenvalue weighted by molar-refractivity contribution is -0.144. The van der Waals surface area contributed by atoms with Crippen LogP contribution in [0.2, 0.25) is 10.0 Å². The summed E-state index contributed by atoms with van der Waals surface area (Å²) in [6.07, 6.45) is -8.99. The van der Waals surface area contributed by atoms with E-state index in [0.717, 1.165) is 31.8 Å². The Labute approximate surface area is 373 Å². The van der Waals surface area contributed by atoms with Crippen LogP contribution in [0.15, 0.2) is 88.5 Å². The van der Waals surface area contributed by atoms with Crippen molar-refractivity contribution < 1.29 is 50.2 Å². The SMILES string of the molecule is COC(=O)C(Cc1ccc(-c2c(C)cc(C(F)(F)F)n(C)c2=O)cc1)NC(=O)c1c(Cl)cccc1Cl.COC(=O)C(N)Cc1ccc(-c2c(C)cc(C(F)(F)F)n(C)c2=O)cc1.Cl. The van der Waals surface area contributed by atoms with Gasteiger partial charge in [-0.3, -0.25) is 19.2 Å². The molecule has 0 radical (unpaired) electrons. The van der Waals surface area contributed by atoms with Crippen LogP contribution in [0.4, 0.5) is 26.3 Å². The number of aryl methyl sites for hydroxylation is 2. The number of hydrogen-bond acceptors (Lipinski definition) is 8. The molecule has 20 heteroatoms. The number of ether oxygens (including phenoxy) is 2. The molecule has 5 rings (SSSR count). The highest BCUT2D eigenvalue weighted by molar-refractivity contribution is 6.39. The van der Waals surface area contributed by atoms with E-state index in [1.54, 1.807) is 54.6 Å². The average molecular weight is 946 g/mol. The third kappa shape index (κ3) is 12.3. The molecule has 2 unspecified atom stereocenters. The number of pyridine rings is 2. The predicted molar refractivity (Wildman–Crippen MR) is 228 cm³/mol. The summed E-state index contributed by atoms with van der Waals surface area (Å²) < 4.78 is 89.2. The second-order valence-electron chi connectivity index (χ2n) is 14.0. The number of nitrogens with zero attached hydrogens (tertiary/aromatic N) is 2. The zero-order chi connectivity index (χ0) is 46.4. The highest BCUT2D eigenvalue weighted by Crippen LogP contribution is 2.33. The Bertz CT molecular complexity index is 2580. The second-order valence-corrected chi connectivity index (χ2v) is 14.8. The van der Waals surface area contributed by atoms with E-state index < -0.39 is 64.8 Å². The lowest BCUT2D eigenvalue weighted by atomic mass is 9.98. The van der Waals surface area contributed by atoms with Gasteiger partial charge in [0.25, 0.3) is 17.0 Å². The van der Waals surface area contributed by atoms with E-state index in [0.29, 0.717) is 25.8 Å². The van der Waals surface area contributed by atoms with Crippen LogP contribution < -0.4 is 22.2 Å². The number of methoxy groups -OCH3 is 2. The lowest BCUT2D eigenvalue weighted by Crippen LogP contribution is -2.43. The van der Waals surface area contributed by atoms with Crippen LogP contribution >= 0.6 is 35.6 Å². The van der Waals surface area contributed by atoms with Crippen LogP contribution in [0.3, 0.4) is 0 Å². The molecule has 2 atom stereocenters. The maximum Gasteiger partial charge on any atom is 0.431 e. The van der Waals surface area contributed by atoms with E-state index in [1.807, 2.05) is 0 Å². The zero-order valence-electron chi connectivity index (χ0n) is 34.3. The number of carbonyl (C=O) groups excluding carboxylic acids is 3. The molecule has 0 aliphatic carbocycles. The molecule has 0 spiro atoms. The van der Waals surface area contributed by atoms with E-state index in [1.165, 1.54) is 40.2 Å². The second kappa shape index (κ2) is 21.2. The molecule has 0 bridgehead atoms. The normalized spacial score (nSPS) is 12.2. The molecule has 0 aliphatic heterocycles. The fraction of sp³-hybridized carbons (Fsp3) is 0.279. The topological polar surface area (TPSA) is 152 Å². The maximum absolute atomic E-state index is 13.2. The number of esters is 2. The first kappa shape index (κ1) is 51.7. The lowest BCUT2D eigenvalue weighted by Gasteiger charge is -2.18. The number of alkyl halides is 6. The highest BCUT2D eigenvalue weighted by Gasteiger charge is 2.36. The van der Waals surface area contributed by atoms with Crippen molar-refractivity contribution in [2.75, 3.05) is 14.2 Å².